The summed E-state index contributed by atoms with van der Waals surface area (Å²) in [5.41, 5.74) is -0.345. The van der Waals surface area contributed by atoms with Crippen LogP contribution in [-0.4, -0.2) is 24.0 Å². The Morgan fingerprint density at radius 2 is 1.75 bits per heavy atom. The maximum atomic E-state index is 13.5. The van der Waals surface area contributed by atoms with E-state index in [4.69, 9.17) is 17.0 Å². The molecule has 0 fully saturated rings. The van der Waals surface area contributed by atoms with Crippen LogP contribution in [0.4, 0.5) is 14.5 Å². The predicted octanol–water partition coefficient (Wildman–Crippen LogP) is 3.66. The van der Waals surface area contributed by atoms with Crippen LogP contribution in [0.25, 0.3) is 0 Å². The fourth-order valence-electron chi connectivity index (χ4n) is 1.71. The third-order valence-corrected chi connectivity index (χ3v) is 3.63. The second kappa shape index (κ2) is 8.70. The average molecular weight is 415 g/mol. The third kappa shape index (κ3) is 5.54. The number of hydrogen-bond acceptors (Lipinski definition) is 3. The Kier molecular flexibility index (Phi) is 6.62. The van der Waals surface area contributed by atoms with E-state index < -0.39 is 17.5 Å². The SMILES string of the molecule is O=C(COc1ccc(Br)cc1)NCC(=S)Nc1c(F)cccc1F. The van der Waals surface area contributed by atoms with Gasteiger partial charge in [0.15, 0.2) is 6.61 Å². The molecule has 126 valence electrons. The fraction of sp³-hybridized carbons (Fsp3) is 0.125. The highest BCUT2D eigenvalue weighted by Gasteiger charge is 2.10. The molecular formula is C16H13BrF2N2O2S. The van der Waals surface area contributed by atoms with E-state index in [-0.39, 0.29) is 23.8 Å². The Bertz CT molecular complexity index is 721. The minimum absolute atomic E-state index is 0.0639. The first-order valence-electron chi connectivity index (χ1n) is 6.84. The summed E-state index contributed by atoms with van der Waals surface area (Å²) >= 11 is 8.25. The topological polar surface area (TPSA) is 50.4 Å². The number of ether oxygens (including phenoxy) is 1. The van der Waals surface area contributed by atoms with Crippen LogP contribution in [0.5, 0.6) is 5.75 Å². The van der Waals surface area contributed by atoms with E-state index in [2.05, 4.69) is 26.6 Å². The first kappa shape index (κ1) is 18.3. The van der Waals surface area contributed by atoms with Gasteiger partial charge < -0.3 is 15.4 Å². The number of rotatable bonds is 6. The summed E-state index contributed by atoms with van der Waals surface area (Å²) in [5.74, 6) is -1.39. The van der Waals surface area contributed by atoms with Crippen molar-refractivity contribution in [3.63, 3.8) is 0 Å². The highest BCUT2D eigenvalue weighted by Crippen LogP contribution is 2.18. The van der Waals surface area contributed by atoms with E-state index in [1.165, 1.54) is 6.07 Å². The number of thiocarbonyl (C=S) groups is 1. The van der Waals surface area contributed by atoms with E-state index in [1.54, 1.807) is 24.3 Å². The number of nitrogens with one attached hydrogen (secondary N) is 2. The molecule has 0 radical (unpaired) electrons. The normalized spacial score (nSPS) is 10.1. The molecule has 2 aromatic carbocycles. The lowest BCUT2D eigenvalue weighted by atomic mass is 10.3. The lowest BCUT2D eigenvalue weighted by Crippen LogP contribution is -2.35. The van der Waals surface area contributed by atoms with Crippen molar-refractivity contribution in [2.24, 2.45) is 0 Å². The van der Waals surface area contributed by atoms with Crippen LogP contribution in [0, 0.1) is 11.6 Å². The Balaban J connectivity index is 1.77. The molecule has 0 aliphatic carbocycles. The van der Waals surface area contributed by atoms with Crippen molar-refractivity contribution >= 4 is 44.7 Å². The maximum absolute atomic E-state index is 13.5. The van der Waals surface area contributed by atoms with Gasteiger partial charge in [-0.3, -0.25) is 4.79 Å². The molecule has 0 aliphatic heterocycles. The van der Waals surface area contributed by atoms with Gasteiger partial charge in [-0.05, 0) is 36.4 Å². The molecule has 0 heterocycles. The summed E-state index contributed by atoms with van der Waals surface area (Å²) in [7, 11) is 0. The summed E-state index contributed by atoms with van der Waals surface area (Å²) in [6.45, 7) is -0.260. The molecule has 0 saturated heterocycles. The second-order valence-corrected chi connectivity index (χ2v) is 6.07. The molecule has 0 spiro atoms. The third-order valence-electron chi connectivity index (χ3n) is 2.86. The molecule has 0 unspecified atom stereocenters. The van der Waals surface area contributed by atoms with Gasteiger partial charge in [-0.25, -0.2) is 8.78 Å². The van der Waals surface area contributed by atoms with Crippen molar-refractivity contribution in [1.82, 2.24) is 5.32 Å². The van der Waals surface area contributed by atoms with Crippen LogP contribution in [0.2, 0.25) is 0 Å². The van der Waals surface area contributed by atoms with E-state index in [9.17, 15) is 13.6 Å². The molecular weight excluding hydrogens is 402 g/mol. The monoisotopic (exact) mass is 414 g/mol. The minimum Gasteiger partial charge on any atom is -0.484 e. The number of anilines is 1. The second-order valence-electron chi connectivity index (χ2n) is 4.66. The predicted molar refractivity (Wildman–Crippen MR) is 95.2 cm³/mol. The zero-order valence-electron chi connectivity index (χ0n) is 12.3. The largest absolute Gasteiger partial charge is 0.484 e. The summed E-state index contributed by atoms with van der Waals surface area (Å²) in [4.78, 5) is 11.8. The van der Waals surface area contributed by atoms with Crippen molar-refractivity contribution in [1.29, 1.82) is 0 Å². The molecule has 1 amide bonds. The van der Waals surface area contributed by atoms with E-state index >= 15 is 0 Å². The van der Waals surface area contributed by atoms with Crippen LogP contribution >= 0.6 is 28.1 Å². The minimum atomic E-state index is -0.762. The molecule has 4 nitrogen and oxygen atoms in total. The molecule has 0 saturated carbocycles. The van der Waals surface area contributed by atoms with Gasteiger partial charge in [0, 0.05) is 4.47 Å². The molecule has 0 aliphatic rings. The molecule has 2 N–H and O–H groups in total. The van der Waals surface area contributed by atoms with Gasteiger partial charge in [-0.2, -0.15) is 0 Å². The van der Waals surface area contributed by atoms with E-state index in [0.29, 0.717) is 5.75 Å². The number of para-hydroxylation sites is 1. The standard InChI is InChI=1S/C16H13BrF2N2O2S/c17-10-4-6-11(7-5-10)23-9-14(22)20-8-15(24)21-16-12(18)2-1-3-13(16)19/h1-7H,8-9H2,(H,20,22)(H,21,24). The molecule has 24 heavy (non-hydrogen) atoms. The molecule has 2 aromatic rings. The lowest BCUT2D eigenvalue weighted by molar-refractivity contribution is -0.122. The first-order chi connectivity index (χ1) is 11.5. The summed E-state index contributed by atoms with van der Waals surface area (Å²) < 4.78 is 33.1. The van der Waals surface area contributed by atoms with Crippen molar-refractivity contribution in [2.75, 3.05) is 18.5 Å². The molecule has 2 rings (SSSR count). The first-order valence-corrected chi connectivity index (χ1v) is 8.05. The quantitative estimate of drug-likeness (QED) is 0.708. The lowest BCUT2D eigenvalue weighted by Gasteiger charge is -2.11. The number of halogens is 3. The van der Waals surface area contributed by atoms with Crippen molar-refractivity contribution in [3.05, 3.63) is 58.6 Å². The van der Waals surface area contributed by atoms with E-state index in [1.807, 2.05) is 0 Å². The molecule has 0 bridgehead atoms. The van der Waals surface area contributed by atoms with Gasteiger partial charge in [-0.15, -0.1) is 0 Å². The maximum Gasteiger partial charge on any atom is 0.258 e. The van der Waals surface area contributed by atoms with Gasteiger partial charge in [0.2, 0.25) is 0 Å². The van der Waals surface area contributed by atoms with Gasteiger partial charge in [0.1, 0.15) is 23.1 Å². The number of hydrogen-bond donors (Lipinski definition) is 2. The number of carbonyl (C=O) groups is 1. The van der Waals surface area contributed by atoms with Crippen LogP contribution in [0.3, 0.4) is 0 Å². The van der Waals surface area contributed by atoms with E-state index in [0.717, 1.165) is 16.6 Å². The van der Waals surface area contributed by atoms with Gasteiger partial charge in [0.25, 0.3) is 5.91 Å². The van der Waals surface area contributed by atoms with Crippen LogP contribution in [0.15, 0.2) is 46.9 Å². The zero-order valence-corrected chi connectivity index (χ0v) is 14.7. The van der Waals surface area contributed by atoms with Crippen molar-refractivity contribution < 1.29 is 18.3 Å². The van der Waals surface area contributed by atoms with Crippen LogP contribution < -0.4 is 15.4 Å². The number of benzene rings is 2. The Hall–Kier alpha value is -2.06. The summed E-state index contributed by atoms with van der Waals surface area (Å²) in [5, 5.41) is 4.94. The van der Waals surface area contributed by atoms with Gasteiger partial charge in [-0.1, -0.05) is 34.2 Å². The molecule has 0 aromatic heterocycles. The fourth-order valence-corrected chi connectivity index (χ4v) is 2.15. The summed E-state index contributed by atoms with van der Waals surface area (Å²) in [6, 6.07) is 10.5. The number of carbonyl (C=O) groups excluding carboxylic acids is 1. The molecule has 0 atom stereocenters. The average Bonchev–Trinajstić information content (AvgIpc) is 2.56. The van der Waals surface area contributed by atoms with Gasteiger partial charge in [0.05, 0.1) is 11.5 Å². The van der Waals surface area contributed by atoms with Crippen molar-refractivity contribution in [3.8, 4) is 5.75 Å². The highest BCUT2D eigenvalue weighted by molar-refractivity contribution is 9.10. The smallest absolute Gasteiger partial charge is 0.258 e. The Morgan fingerprint density at radius 3 is 2.38 bits per heavy atom. The van der Waals surface area contributed by atoms with Crippen LogP contribution in [-0.2, 0) is 4.79 Å². The summed E-state index contributed by atoms with van der Waals surface area (Å²) in [6.07, 6.45) is 0. The van der Waals surface area contributed by atoms with Crippen molar-refractivity contribution in [2.45, 2.75) is 0 Å². The molecule has 8 heteroatoms. The highest BCUT2D eigenvalue weighted by atomic mass is 79.9. The van der Waals surface area contributed by atoms with Crippen LogP contribution in [0.1, 0.15) is 0 Å². The number of amides is 1. The Labute approximate surface area is 151 Å². The van der Waals surface area contributed by atoms with Gasteiger partial charge >= 0.3 is 0 Å². The zero-order chi connectivity index (χ0) is 17.5. The Morgan fingerprint density at radius 1 is 1.12 bits per heavy atom.